The highest BCUT2D eigenvalue weighted by Crippen LogP contribution is 2.30. The number of methoxy groups -OCH3 is 1. The van der Waals surface area contributed by atoms with E-state index in [1.165, 1.54) is 53.2 Å². The van der Waals surface area contributed by atoms with E-state index >= 15 is 0 Å². The fourth-order valence-corrected chi connectivity index (χ4v) is 3.90. The zero-order valence-corrected chi connectivity index (χ0v) is 22.3. The van der Waals surface area contributed by atoms with Gasteiger partial charge in [-0.2, -0.15) is 0 Å². The zero-order valence-electron chi connectivity index (χ0n) is 18.0. The number of halogens is 2. The second-order valence-corrected chi connectivity index (χ2v) is 9.45. The van der Waals surface area contributed by atoms with Crippen LogP contribution in [-0.2, 0) is 12.8 Å². The molecule has 2 aromatic rings. The molecule has 0 unspecified atom stereocenters. The second-order valence-electron chi connectivity index (χ2n) is 7.29. The Morgan fingerprint density at radius 3 is 1.69 bits per heavy atom. The van der Waals surface area contributed by atoms with Crippen LogP contribution in [0.15, 0.2) is 24.3 Å². The summed E-state index contributed by atoms with van der Waals surface area (Å²) in [5, 5.41) is 18.9. The molecule has 2 aromatic carbocycles. The van der Waals surface area contributed by atoms with Crippen LogP contribution in [0.3, 0.4) is 0 Å². The predicted molar refractivity (Wildman–Crippen MR) is 139 cm³/mol. The lowest BCUT2D eigenvalue weighted by molar-refractivity contribution is 0.410. The van der Waals surface area contributed by atoms with E-state index in [1.54, 1.807) is 19.2 Å². The normalized spacial score (nSPS) is 10.4. The van der Waals surface area contributed by atoms with Gasteiger partial charge in [-0.25, -0.2) is 0 Å². The molecule has 0 saturated heterocycles. The topological polar surface area (TPSA) is 49.7 Å². The zero-order chi connectivity index (χ0) is 21.8. The average Bonchev–Trinajstić information content (AvgIpc) is 2.69. The van der Waals surface area contributed by atoms with E-state index in [-0.39, 0.29) is 11.5 Å². The number of rotatable bonds is 9. The van der Waals surface area contributed by atoms with Gasteiger partial charge < -0.3 is 14.9 Å². The van der Waals surface area contributed by atoms with Crippen LogP contribution in [0.1, 0.15) is 69.1 Å². The Morgan fingerprint density at radius 2 is 1.24 bits per heavy atom. The van der Waals surface area contributed by atoms with Crippen molar-refractivity contribution < 1.29 is 14.9 Å². The molecular weight excluding hydrogens is 590 g/mol. The molecule has 0 aliphatic heterocycles. The van der Waals surface area contributed by atoms with Gasteiger partial charge in [0.05, 0.1) is 14.3 Å². The summed E-state index contributed by atoms with van der Waals surface area (Å²) in [6.45, 7) is 6.54. The van der Waals surface area contributed by atoms with Gasteiger partial charge >= 0.3 is 0 Å². The molecule has 0 saturated carbocycles. The molecule has 0 spiro atoms. The SMILES string of the molecule is CCCCCc1cc(C)c(I)c(OC)c1.CCCCCc1cc(O)c(I)c(O)c1. The number of aryl methyl sites for hydroxylation is 3. The van der Waals surface area contributed by atoms with Crippen molar-refractivity contribution >= 4 is 45.2 Å². The lowest BCUT2D eigenvalue weighted by atomic mass is 10.0. The van der Waals surface area contributed by atoms with Gasteiger partial charge in [0.2, 0.25) is 0 Å². The number of benzene rings is 2. The van der Waals surface area contributed by atoms with E-state index in [9.17, 15) is 10.2 Å². The Labute approximate surface area is 203 Å². The van der Waals surface area contributed by atoms with Gasteiger partial charge in [-0.15, -0.1) is 0 Å². The van der Waals surface area contributed by atoms with Crippen molar-refractivity contribution in [2.45, 2.75) is 72.1 Å². The average molecular weight is 624 g/mol. The molecule has 0 atom stereocenters. The first-order valence-corrected chi connectivity index (χ1v) is 12.5. The molecule has 0 heterocycles. The number of aromatic hydroxyl groups is 2. The lowest BCUT2D eigenvalue weighted by Crippen LogP contribution is -1.94. The van der Waals surface area contributed by atoms with E-state index in [1.807, 2.05) is 22.6 Å². The van der Waals surface area contributed by atoms with Gasteiger partial charge in [0.1, 0.15) is 17.2 Å². The Kier molecular flexibility index (Phi) is 13.0. The van der Waals surface area contributed by atoms with Crippen LogP contribution in [0.5, 0.6) is 17.2 Å². The molecule has 0 bridgehead atoms. The van der Waals surface area contributed by atoms with Crippen LogP contribution >= 0.6 is 45.2 Å². The maximum absolute atomic E-state index is 9.47. The minimum atomic E-state index is 0.178. The minimum Gasteiger partial charge on any atom is -0.507 e. The van der Waals surface area contributed by atoms with Crippen LogP contribution in [0, 0.1) is 14.1 Å². The third-order valence-corrected chi connectivity index (χ3v) is 7.22. The molecule has 29 heavy (non-hydrogen) atoms. The largest absolute Gasteiger partial charge is 0.507 e. The van der Waals surface area contributed by atoms with Gasteiger partial charge in [0, 0.05) is 0 Å². The van der Waals surface area contributed by atoms with Crippen LogP contribution in [0.4, 0.5) is 0 Å². The molecule has 3 nitrogen and oxygen atoms in total. The molecule has 0 radical (unpaired) electrons. The molecule has 2 N–H and O–H groups in total. The standard InChI is InChI=1S/C13H19IO.C11H15IO2/c1-4-5-6-7-11-8-10(2)13(14)12(9-11)15-3;1-2-3-4-5-8-6-9(13)11(12)10(14)7-8/h8-9H,4-7H2,1-3H3;6-7,13-14H,2-5H2,1H3. The van der Waals surface area contributed by atoms with Crippen LogP contribution in [0.2, 0.25) is 0 Å². The van der Waals surface area contributed by atoms with E-state index in [0.717, 1.165) is 24.2 Å². The summed E-state index contributed by atoms with van der Waals surface area (Å²) >= 11 is 4.27. The molecule has 0 aliphatic carbocycles. The molecule has 0 fully saturated rings. The van der Waals surface area contributed by atoms with Crippen molar-refractivity contribution in [1.29, 1.82) is 0 Å². The van der Waals surface area contributed by atoms with Gasteiger partial charge in [-0.3, -0.25) is 0 Å². The van der Waals surface area contributed by atoms with Gasteiger partial charge in [0.25, 0.3) is 0 Å². The van der Waals surface area contributed by atoms with E-state index in [4.69, 9.17) is 4.74 Å². The third kappa shape index (κ3) is 9.32. The summed E-state index contributed by atoms with van der Waals surface area (Å²) < 4.78 is 7.13. The maximum Gasteiger partial charge on any atom is 0.132 e. The molecule has 162 valence electrons. The number of hydrogen-bond donors (Lipinski definition) is 2. The highest BCUT2D eigenvalue weighted by Gasteiger charge is 2.06. The Morgan fingerprint density at radius 1 is 0.759 bits per heavy atom. The maximum atomic E-state index is 9.47. The molecule has 5 heteroatoms. The van der Waals surface area contributed by atoms with Crippen LogP contribution < -0.4 is 4.74 Å². The lowest BCUT2D eigenvalue weighted by Gasteiger charge is -2.09. The van der Waals surface area contributed by atoms with E-state index in [2.05, 4.69) is 55.5 Å². The molecule has 0 amide bonds. The Bertz CT molecular complexity index is 737. The van der Waals surface area contributed by atoms with Crippen molar-refractivity contribution in [2.24, 2.45) is 0 Å². The highest BCUT2D eigenvalue weighted by molar-refractivity contribution is 14.1. The van der Waals surface area contributed by atoms with Crippen molar-refractivity contribution in [1.82, 2.24) is 0 Å². The van der Waals surface area contributed by atoms with Crippen molar-refractivity contribution in [3.63, 3.8) is 0 Å². The number of ether oxygens (including phenoxy) is 1. The summed E-state index contributed by atoms with van der Waals surface area (Å²) in [6.07, 6.45) is 9.44. The molecule has 2 rings (SSSR count). The van der Waals surface area contributed by atoms with Gasteiger partial charge in [-0.05, 0) is 113 Å². The first kappa shape index (κ1) is 26.3. The van der Waals surface area contributed by atoms with Gasteiger partial charge in [-0.1, -0.05) is 45.6 Å². The Balaban J connectivity index is 0.000000291. The molecular formula is C24H34I2O3. The van der Waals surface area contributed by atoms with Crippen molar-refractivity contribution in [3.8, 4) is 17.2 Å². The monoisotopic (exact) mass is 624 g/mol. The second kappa shape index (κ2) is 14.3. The predicted octanol–water partition coefficient (Wildman–Crippen LogP) is 7.78. The first-order chi connectivity index (χ1) is 13.8. The van der Waals surface area contributed by atoms with E-state index < -0.39 is 0 Å². The molecule has 0 aromatic heterocycles. The van der Waals surface area contributed by atoms with E-state index in [0.29, 0.717) is 3.57 Å². The summed E-state index contributed by atoms with van der Waals surface area (Å²) in [5.74, 6) is 1.37. The minimum absolute atomic E-state index is 0.178. The first-order valence-electron chi connectivity index (χ1n) is 10.4. The fraction of sp³-hybridized carbons (Fsp3) is 0.500. The quantitative estimate of drug-likeness (QED) is 0.222. The summed E-state index contributed by atoms with van der Waals surface area (Å²) in [6, 6.07) is 7.92. The number of phenols is 2. The van der Waals surface area contributed by atoms with Crippen molar-refractivity contribution in [3.05, 3.63) is 48.1 Å². The highest BCUT2D eigenvalue weighted by atomic mass is 127. The number of unbranched alkanes of at least 4 members (excludes halogenated alkanes) is 4. The summed E-state index contributed by atoms with van der Waals surface area (Å²) in [4.78, 5) is 0. The van der Waals surface area contributed by atoms with Crippen molar-refractivity contribution in [2.75, 3.05) is 7.11 Å². The summed E-state index contributed by atoms with van der Waals surface area (Å²) in [5.41, 5.74) is 3.73. The Hall–Kier alpha value is -0.700. The van der Waals surface area contributed by atoms with Crippen LogP contribution in [-0.4, -0.2) is 17.3 Å². The fourth-order valence-electron chi connectivity index (χ4n) is 3.06. The number of phenolic OH excluding ortho intramolecular Hbond substituents is 2. The summed E-state index contributed by atoms with van der Waals surface area (Å²) in [7, 11) is 1.74. The van der Waals surface area contributed by atoms with Gasteiger partial charge in [0.15, 0.2) is 0 Å². The molecule has 0 aliphatic rings. The third-order valence-electron chi connectivity index (χ3n) is 4.73. The van der Waals surface area contributed by atoms with Crippen LogP contribution in [0.25, 0.3) is 0 Å². The smallest absolute Gasteiger partial charge is 0.132 e. The number of hydrogen-bond acceptors (Lipinski definition) is 3.